The van der Waals surface area contributed by atoms with Crippen LogP contribution in [0.15, 0.2) is 0 Å². The standard InChI is InChI=1S/C10H5F7O2/c1-2-19-9(18)3-5(11)7(13)4(10(15,16)17)8(14)6(3)12/h2H2,1H3. The number of ether oxygens (including phenoxy) is 1. The fourth-order valence-electron chi connectivity index (χ4n) is 1.26. The van der Waals surface area contributed by atoms with Crippen molar-refractivity contribution in [3.8, 4) is 0 Å². The Morgan fingerprint density at radius 2 is 1.42 bits per heavy atom. The third kappa shape index (κ3) is 2.64. The molecule has 2 nitrogen and oxygen atoms in total. The average Bonchev–Trinajstić information content (AvgIpc) is 2.25. The lowest BCUT2D eigenvalue weighted by molar-refractivity contribution is -0.143. The first-order valence-corrected chi connectivity index (χ1v) is 4.73. The monoisotopic (exact) mass is 290 g/mol. The summed E-state index contributed by atoms with van der Waals surface area (Å²) in [5, 5.41) is 0. The van der Waals surface area contributed by atoms with E-state index in [0.717, 1.165) is 0 Å². The van der Waals surface area contributed by atoms with Crippen molar-refractivity contribution < 1.29 is 40.3 Å². The molecule has 1 aromatic carbocycles. The van der Waals surface area contributed by atoms with Gasteiger partial charge < -0.3 is 4.74 Å². The Labute approximate surface area is 101 Å². The molecule has 0 aliphatic carbocycles. The van der Waals surface area contributed by atoms with Crippen LogP contribution >= 0.6 is 0 Å². The molecule has 0 aliphatic rings. The lowest BCUT2D eigenvalue weighted by Crippen LogP contribution is -2.20. The molecular formula is C10H5F7O2. The highest BCUT2D eigenvalue weighted by Gasteiger charge is 2.43. The SMILES string of the molecule is CCOC(=O)c1c(F)c(F)c(C(F)(F)F)c(F)c1F. The number of carbonyl (C=O) groups is 1. The van der Waals surface area contributed by atoms with E-state index in [1.165, 1.54) is 6.92 Å². The molecule has 0 N–H and O–H groups in total. The molecular weight excluding hydrogens is 285 g/mol. The van der Waals surface area contributed by atoms with Crippen LogP contribution in [0.4, 0.5) is 30.7 Å². The maximum atomic E-state index is 13.2. The summed E-state index contributed by atoms with van der Waals surface area (Å²) in [4.78, 5) is 11.0. The van der Waals surface area contributed by atoms with Gasteiger partial charge in [-0.3, -0.25) is 0 Å². The van der Waals surface area contributed by atoms with Gasteiger partial charge in [0.2, 0.25) is 0 Å². The summed E-state index contributed by atoms with van der Waals surface area (Å²) < 4.78 is 93.4. The van der Waals surface area contributed by atoms with Gasteiger partial charge in [-0.05, 0) is 6.92 Å². The normalized spacial score (nSPS) is 11.6. The smallest absolute Gasteiger partial charge is 0.422 e. The van der Waals surface area contributed by atoms with Crippen LogP contribution in [0.1, 0.15) is 22.8 Å². The van der Waals surface area contributed by atoms with Crippen LogP contribution in [-0.4, -0.2) is 12.6 Å². The fraction of sp³-hybridized carbons (Fsp3) is 0.300. The minimum Gasteiger partial charge on any atom is -0.462 e. The molecule has 0 bridgehead atoms. The summed E-state index contributed by atoms with van der Waals surface area (Å²) in [5.74, 6) is -12.1. The topological polar surface area (TPSA) is 26.3 Å². The zero-order valence-electron chi connectivity index (χ0n) is 9.17. The summed E-state index contributed by atoms with van der Waals surface area (Å²) in [7, 11) is 0. The Morgan fingerprint density at radius 3 is 1.74 bits per heavy atom. The number of benzene rings is 1. The molecule has 19 heavy (non-hydrogen) atoms. The quantitative estimate of drug-likeness (QED) is 0.474. The summed E-state index contributed by atoms with van der Waals surface area (Å²) in [5.41, 5.74) is -4.58. The third-order valence-corrected chi connectivity index (χ3v) is 2.03. The van der Waals surface area contributed by atoms with E-state index < -0.39 is 46.5 Å². The number of hydrogen-bond donors (Lipinski definition) is 0. The van der Waals surface area contributed by atoms with E-state index in [4.69, 9.17) is 0 Å². The molecule has 0 fully saturated rings. The van der Waals surface area contributed by atoms with Gasteiger partial charge in [0.1, 0.15) is 11.1 Å². The number of carbonyl (C=O) groups excluding carboxylic acids is 1. The maximum Gasteiger partial charge on any atom is 0.422 e. The molecule has 0 amide bonds. The van der Waals surface area contributed by atoms with E-state index in [9.17, 15) is 35.5 Å². The first-order valence-electron chi connectivity index (χ1n) is 4.73. The zero-order valence-corrected chi connectivity index (χ0v) is 9.17. The van der Waals surface area contributed by atoms with Crippen molar-refractivity contribution in [1.82, 2.24) is 0 Å². The second kappa shape index (κ2) is 5.06. The van der Waals surface area contributed by atoms with Gasteiger partial charge in [-0.25, -0.2) is 22.4 Å². The zero-order chi connectivity index (χ0) is 15.0. The predicted molar refractivity (Wildman–Crippen MR) is 47.2 cm³/mol. The Balaban J connectivity index is 3.62. The van der Waals surface area contributed by atoms with Crippen molar-refractivity contribution in [2.45, 2.75) is 13.1 Å². The summed E-state index contributed by atoms with van der Waals surface area (Å²) in [6.07, 6.45) is -5.65. The first kappa shape index (κ1) is 15.3. The Hall–Kier alpha value is -1.80. The molecule has 0 atom stereocenters. The molecule has 0 radical (unpaired) electrons. The van der Waals surface area contributed by atoms with Gasteiger partial charge in [0.05, 0.1) is 6.61 Å². The van der Waals surface area contributed by atoms with Crippen LogP contribution in [0, 0.1) is 23.3 Å². The largest absolute Gasteiger partial charge is 0.462 e. The minimum atomic E-state index is -5.65. The van der Waals surface area contributed by atoms with Crippen molar-refractivity contribution in [2.24, 2.45) is 0 Å². The van der Waals surface area contributed by atoms with E-state index >= 15 is 0 Å². The third-order valence-electron chi connectivity index (χ3n) is 2.03. The van der Waals surface area contributed by atoms with Gasteiger partial charge >= 0.3 is 12.1 Å². The van der Waals surface area contributed by atoms with Gasteiger partial charge in [0.25, 0.3) is 0 Å². The minimum absolute atomic E-state index is 0.387. The van der Waals surface area contributed by atoms with Crippen molar-refractivity contribution in [3.63, 3.8) is 0 Å². The van der Waals surface area contributed by atoms with Gasteiger partial charge in [-0.2, -0.15) is 13.2 Å². The van der Waals surface area contributed by atoms with Gasteiger partial charge in [-0.15, -0.1) is 0 Å². The molecule has 0 saturated carbocycles. The van der Waals surface area contributed by atoms with E-state index in [1.54, 1.807) is 0 Å². The number of esters is 1. The van der Waals surface area contributed by atoms with Crippen molar-refractivity contribution in [3.05, 3.63) is 34.4 Å². The first-order chi connectivity index (χ1) is 8.62. The Kier molecular flexibility index (Phi) is 4.06. The highest BCUT2D eigenvalue weighted by Crippen LogP contribution is 2.36. The molecule has 1 aromatic rings. The van der Waals surface area contributed by atoms with Gasteiger partial charge in [-0.1, -0.05) is 0 Å². The second-order valence-electron chi connectivity index (χ2n) is 3.22. The number of alkyl halides is 3. The Bertz CT molecular complexity index is 493. The lowest BCUT2D eigenvalue weighted by atomic mass is 10.1. The van der Waals surface area contributed by atoms with Crippen LogP contribution in [0.5, 0.6) is 0 Å². The van der Waals surface area contributed by atoms with Crippen LogP contribution < -0.4 is 0 Å². The molecule has 0 heterocycles. The van der Waals surface area contributed by atoms with Crippen molar-refractivity contribution in [2.75, 3.05) is 6.61 Å². The maximum absolute atomic E-state index is 13.2. The highest BCUT2D eigenvalue weighted by atomic mass is 19.4. The van der Waals surface area contributed by atoms with E-state index in [1.807, 2.05) is 0 Å². The van der Waals surface area contributed by atoms with Crippen LogP contribution in [0.2, 0.25) is 0 Å². The van der Waals surface area contributed by atoms with Gasteiger partial charge in [0.15, 0.2) is 23.3 Å². The molecule has 0 saturated heterocycles. The van der Waals surface area contributed by atoms with Gasteiger partial charge in [0, 0.05) is 0 Å². The fourth-order valence-corrected chi connectivity index (χ4v) is 1.26. The summed E-state index contributed by atoms with van der Waals surface area (Å²) in [6.45, 7) is 0.840. The van der Waals surface area contributed by atoms with Crippen LogP contribution in [-0.2, 0) is 10.9 Å². The van der Waals surface area contributed by atoms with Crippen LogP contribution in [0.25, 0.3) is 0 Å². The molecule has 0 aliphatic heterocycles. The summed E-state index contributed by atoms with van der Waals surface area (Å²) in [6, 6.07) is 0. The van der Waals surface area contributed by atoms with Crippen LogP contribution in [0.3, 0.4) is 0 Å². The average molecular weight is 290 g/mol. The number of halogens is 7. The molecule has 9 heteroatoms. The molecule has 1 rings (SSSR count). The molecule has 0 spiro atoms. The van der Waals surface area contributed by atoms with E-state index in [-0.39, 0.29) is 6.61 Å². The summed E-state index contributed by atoms with van der Waals surface area (Å²) >= 11 is 0. The second-order valence-corrected chi connectivity index (χ2v) is 3.22. The molecule has 0 unspecified atom stereocenters. The van der Waals surface area contributed by atoms with E-state index in [2.05, 4.69) is 4.74 Å². The molecule has 106 valence electrons. The number of hydrogen-bond acceptors (Lipinski definition) is 2. The predicted octanol–water partition coefficient (Wildman–Crippen LogP) is 3.44. The van der Waals surface area contributed by atoms with E-state index in [0.29, 0.717) is 0 Å². The van der Waals surface area contributed by atoms with Crippen molar-refractivity contribution >= 4 is 5.97 Å². The molecule has 0 aromatic heterocycles. The highest BCUT2D eigenvalue weighted by molar-refractivity contribution is 5.90. The van der Waals surface area contributed by atoms with Crippen molar-refractivity contribution in [1.29, 1.82) is 0 Å². The number of rotatable bonds is 2. The Morgan fingerprint density at radius 1 is 1.00 bits per heavy atom. The lowest BCUT2D eigenvalue weighted by Gasteiger charge is -2.13.